The Balaban J connectivity index is 0.000000285. The SMILES string of the molecule is CC.CC.CC.CC1CCCC(F)(F)CC1.CN(Sn1cc[n+](C)c1)c1ccc2c(c1)nc(C(C)(C)C)n2C.CN(Sn1ccnc1)c1ccc2c(c1)nc(C(C)(C)C)n2CC1CCC(F)(F)CC1. The highest BCUT2D eigenvalue weighted by atomic mass is 32.2. The van der Waals surface area contributed by atoms with Gasteiger partial charge in [-0.1, -0.05) is 96.4 Å². The number of benzene rings is 2. The van der Waals surface area contributed by atoms with Gasteiger partial charge >= 0.3 is 0 Å². The van der Waals surface area contributed by atoms with E-state index in [1.165, 1.54) is 17.7 Å². The third kappa shape index (κ3) is 17.3. The Hall–Kier alpha value is -4.18. The second kappa shape index (κ2) is 26.3. The van der Waals surface area contributed by atoms with E-state index in [2.05, 4.69) is 126 Å². The standard InChI is InChI=1S/C22H29F2N5S.C17H24N5S.C8H14F2.3C2H6/c1-21(2,3)20-26-18-13-17(27(4)30-28-12-11-25-15-28)5-6-19(18)29(20)14-16-7-9-22(23,24)10-8-16;1-17(2,3)16-18-14-11-13(7-8-15(14)20(16)5)21(6)23-22-10-9-19(4)12-22;1-7-3-2-5-8(9,10)6-4-7;3*1-2/h5-6,11-13,15-16H,7-10,14H2,1-4H3;7-12H,1-6H3;7H,2-6H2,1H3;3*1-2H3/q;+1;;;;. The largest absolute Gasteiger partial charge is 0.331 e. The van der Waals surface area contributed by atoms with Crippen LogP contribution in [0.5, 0.6) is 0 Å². The summed E-state index contributed by atoms with van der Waals surface area (Å²) in [4.78, 5) is 13.9. The van der Waals surface area contributed by atoms with E-state index in [9.17, 15) is 17.6 Å². The summed E-state index contributed by atoms with van der Waals surface area (Å²) in [6.45, 7) is 27.9. The lowest BCUT2D eigenvalue weighted by atomic mass is 9.86. The molecule has 0 aliphatic heterocycles. The molecule has 8 rings (SSSR count). The van der Waals surface area contributed by atoms with Gasteiger partial charge in [0.15, 0.2) is 12.1 Å². The second-order valence-corrected chi connectivity index (χ2v) is 21.9. The second-order valence-electron chi connectivity index (χ2n) is 19.6. The number of anilines is 2. The first-order valence-electron chi connectivity index (χ1n) is 25.1. The van der Waals surface area contributed by atoms with Gasteiger partial charge in [0.05, 0.1) is 52.6 Å². The summed E-state index contributed by atoms with van der Waals surface area (Å²) in [5.74, 6) is -1.96. The van der Waals surface area contributed by atoms with Crippen LogP contribution in [0.2, 0.25) is 0 Å². The zero-order valence-corrected chi connectivity index (χ0v) is 46.6. The zero-order chi connectivity index (χ0) is 51.9. The molecule has 0 radical (unpaired) electrons. The first kappa shape index (κ1) is 59.1. The van der Waals surface area contributed by atoms with Crippen LogP contribution in [0, 0.1) is 11.8 Å². The lowest BCUT2D eigenvalue weighted by Gasteiger charge is -2.30. The van der Waals surface area contributed by atoms with Gasteiger partial charge in [-0.25, -0.2) is 37.1 Å². The third-order valence-corrected chi connectivity index (χ3v) is 13.6. The first-order valence-corrected chi connectivity index (χ1v) is 26.5. The predicted molar refractivity (Wildman–Crippen MR) is 287 cm³/mol. The Morgan fingerprint density at radius 2 is 1.20 bits per heavy atom. The van der Waals surface area contributed by atoms with E-state index in [0.717, 1.165) is 52.5 Å². The summed E-state index contributed by atoms with van der Waals surface area (Å²) in [6, 6.07) is 12.7. The normalized spacial score (nSPS) is 16.7. The Labute approximate surface area is 421 Å². The van der Waals surface area contributed by atoms with Gasteiger partial charge in [0.1, 0.15) is 30.4 Å². The molecule has 2 aliphatic carbocycles. The summed E-state index contributed by atoms with van der Waals surface area (Å²) < 4.78 is 67.2. The van der Waals surface area contributed by atoms with E-state index in [1.54, 1.807) is 24.7 Å². The number of alkyl halides is 4. The van der Waals surface area contributed by atoms with Crippen LogP contribution in [0.3, 0.4) is 0 Å². The van der Waals surface area contributed by atoms with Crippen molar-refractivity contribution in [2.24, 2.45) is 25.9 Å². The first-order chi connectivity index (χ1) is 32.5. The van der Waals surface area contributed by atoms with Crippen molar-refractivity contribution < 1.29 is 22.1 Å². The molecule has 16 heteroatoms. The molecule has 0 saturated heterocycles. The molecule has 6 aromatic rings. The zero-order valence-electron chi connectivity index (χ0n) is 45.0. The van der Waals surface area contributed by atoms with E-state index in [1.807, 2.05) is 89.1 Å². The van der Waals surface area contributed by atoms with Gasteiger partial charge in [-0.05, 0) is 73.9 Å². The van der Waals surface area contributed by atoms with Gasteiger partial charge in [-0.2, -0.15) is 3.97 Å². The van der Waals surface area contributed by atoms with Crippen molar-refractivity contribution in [2.45, 2.75) is 177 Å². The van der Waals surface area contributed by atoms with Crippen molar-refractivity contribution in [3.63, 3.8) is 0 Å². The van der Waals surface area contributed by atoms with E-state index < -0.39 is 11.8 Å². The lowest BCUT2D eigenvalue weighted by molar-refractivity contribution is -0.670. The Bertz CT molecular complexity index is 2400. The van der Waals surface area contributed by atoms with E-state index in [4.69, 9.17) is 9.97 Å². The van der Waals surface area contributed by atoms with Gasteiger partial charge in [0.25, 0.3) is 6.33 Å². The molecule has 2 aromatic carbocycles. The fraction of sp³-hybridized carbons (Fsp3) is 0.623. The van der Waals surface area contributed by atoms with Crippen LogP contribution in [0.15, 0.2) is 73.8 Å². The summed E-state index contributed by atoms with van der Waals surface area (Å²) in [5.41, 5.74) is 6.31. The van der Waals surface area contributed by atoms with Gasteiger partial charge < -0.3 is 13.4 Å². The molecule has 69 heavy (non-hydrogen) atoms. The number of fused-ring (bicyclic) bond motifs is 2. The summed E-state index contributed by atoms with van der Waals surface area (Å²) >= 11 is 3.18. The molecule has 2 fully saturated rings. The average Bonchev–Trinajstić information content (AvgIpc) is 4.11. The molecule has 386 valence electrons. The molecule has 0 amide bonds. The molecule has 2 aliphatic rings. The quantitative estimate of drug-likeness (QED) is 0.0651. The molecule has 0 bridgehead atoms. The van der Waals surface area contributed by atoms with Gasteiger partial charge in [0, 0.05) is 76.6 Å². The number of aromatic nitrogens is 8. The van der Waals surface area contributed by atoms with E-state index in [0.29, 0.717) is 31.6 Å². The highest BCUT2D eigenvalue weighted by Gasteiger charge is 2.36. The van der Waals surface area contributed by atoms with Crippen LogP contribution >= 0.6 is 24.3 Å². The van der Waals surface area contributed by atoms with Gasteiger partial charge in [-0.3, -0.25) is 8.28 Å². The number of rotatable bonds is 8. The highest BCUT2D eigenvalue weighted by Crippen LogP contribution is 2.39. The maximum absolute atomic E-state index is 13.6. The summed E-state index contributed by atoms with van der Waals surface area (Å²) in [6.07, 6.45) is 15.3. The molecule has 2 saturated carbocycles. The topological polar surface area (TPSA) is 68.8 Å². The minimum Gasteiger partial charge on any atom is -0.331 e. The van der Waals surface area contributed by atoms with Gasteiger partial charge in [0.2, 0.25) is 11.8 Å². The van der Waals surface area contributed by atoms with Crippen molar-refractivity contribution in [1.82, 2.24) is 32.0 Å². The number of halogens is 4. The molecule has 0 spiro atoms. The molecule has 4 aromatic heterocycles. The monoisotopic (exact) mass is 1000 g/mol. The van der Waals surface area contributed by atoms with Crippen molar-refractivity contribution >= 4 is 57.7 Å². The third-order valence-electron chi connectivity index (χ3n) is 11.8. The molecule has 4 heterocycles. The number of hydrogen-bond donors (Lipinski definition) is 0. The minimum atomic E-state index is -2.49. The smallest absolute Gasteiger partial charge is 0.256 e. The van der Waals surface area contributed by atoms with E-state index >= 15 is 0 Å². The van der Waals surface area contributed by atoms with Crippen LogP contribution in [0.25, 0.3) is 22.1 Å². The number of hydrogen-bond acceptors (Lipinski definition) is 7. The maximum atomic E-state index is 13.6. The fourth-order valence-electron chi connectivity index (χ4n) is 8.25. The predicted octanol–water partition coefficient (Wildman–Crippen LogP) is 15.2. The molecule has 10 nitrogen and oxygen atoms in total. The van der Waals surface area contributed by atoms with Crippen molar-refractivity contribution in [3.05, 3.63) is 85.5 Å². The molecular weight excluding hydrogens is 917 g/mol. The average molecular weight is 1000 g/mol. The molecular formula is C53H85F4N10S2+. The lowest BCUT2D eigenvalue weighted by Crippen LogP contribution is -2.28. The van der Waals surface area contributed by atoms with Crippen molar-refractivity contribution in [1.29, 1.82) is 0 Å². The number of imidazole rings is 4. The maximum Gasteiger partial charge on any atom is 0.256 e. The molecule has 1 unspecified atom stereocenters. The van der Waals surface area contributed by atoms with Crippen LogP contribution in [-0.2, 0) is 31.5 Å². The summed E-state index contributed by atoms with van der Waals surface area (Å²) in [5, 5.41) is 0. The van der Waals surface area contributed by atoms with Crippen LogP contribution in [0.1, 0.15) is 159 Å². The fourth-order valence-corrected chi connectivity index (χ4v) is 9.74. The number of aryl methyl sites for hydroxylation is 2. The van der Waals surface area contributed by atoms with E-state index in [-0.39, 0.29) is 42.4 Å². The Morgan fingerprint density at radius 3 is 1.72 bits per heavy atom. The minimum absolute atomic E-state index is 0.00440. The Kier molecular flexibility index (Phi) is 22.6. The van der Waals surface area contributed by atoms with Crippen molar-refractivity contribution in [2.75, 3.05) is 22.7 Å². The van der Waals surface area contributed by atoms with Crippen LogP contribution < -0.4 is 13.2 Å². The van der Waals surface area contributed by atoms with Crippen LogP contribution in [-0.4, -0.2) is 58.0 Å². The summed E-state index contributed by atoms with van der Waals surface area (Å²) in [7, 11) is 8.19. The van der Waals surface area contributed by atoms with Gasteiger partial charge in [-0.15, -0.1) is 0 Å². The molecule has 0 N–H and O–H groups in total. The Morgan fingerprint density at radius 1 is 0.696 bits per heavy atom. The number of nitrogens with zero attached hydrogens (tertiary/aromatic N) is 10. The van der Waals surface area contributed by atoms with Crippen molar-refractivity contribution in [3.8, 4) is 0 Å². The highest BCUT2D eigenvalue weighted by molar-refractivity contribution is 7.99. The molecule has 1 atom stereocenters. The van der Waals surface area contributed by atoms with Crippen LogP contribution in [0.4, 0.5) is 28.9 Å².